The van der Waals surface area contributed by atoms with Gasteiger partial charge in [-0.2, -0.15) is 0 Å². The van der Waals surface area contributed by atoms with Gasteiger partial charge in [-0.3, -0.25) is 0 Å². The SMILES string of the molecule is NC1CS(=O)(=O)CC1Oc1ccc(F)cc1. The molecule has 1 aromatic rings. The number of halogens is 1. The lowest BCUT2D eigenvalue weighted by Gasteiger charge is -2.16. The molecule has 1 aliphatic heterocycles. The summed E-state index contributed by atoms with van der Waals surface area (Å²) in [5.74, 6) is -0.0700. The number of hydrogen-bond donors (Lipinski definition) is 1. The zero-order chi connectivity index (χ0) is 11.8. The molecule has 2 rings (SSSR count). The van der Waals surface area contributed by atoms with Crippen molar-refractivity contribution in [1.82, 2.24) is 0 Å². The lowest BCUT2D eigenvalue weighted by Crippen LogP contribution is -2.37. The number of benzene rings is 1. The van der Waals surface area contributed by atoms with Crippen molar-refractivity contribution in [2.24, 2.45) is 5.73 Å². The van der Waals surface area contributed by atoms with E-state index in [-0.39, 0.29) is 17.3 Å². The molecule has 0 aromatic heterocycles. The summed E-state index contributed by atoms with van der Waals surface area (Å²) in [5, 5.41) is 0. The first-order valence-corrected chi connectivity index (χ1v) is 6.67. The second kappa shape index (κ2) is 4.03. The summed E-state index contributed by atoms with van der Waals surface area (Å²) in [6, 6.07) is 4.89. The molecule has 1 aliphatic rings. The third-order valence-corrected chi connectivity index (χ3v) is 4.17. The standard InChI is InChI=1S/C10H12FNO3S/c11-7-1-3-8(4-2-7)15-10-6-16(13,14)5-9(10)12/h1-4,9-10H,5-6,12H2. The average molecular weight is 245 g/mol. The number of hydrogen-bond acceptors (Lipinski definition) is 4. The van der Waals surface area contributed by atoms with E-state index in [2.05, 4.69) is 0 Å². The summed E-state index contributed by atoms with van der Waals surface area (Å²) < 4.78 is 40.6. The van der Waals surface area contributed by atoms with Crippen LogP contribution in [0.2, 0.25) is 0 Å². The van der Waals surface area contributed by atoms with Crippen molar-refractivity contribution in [2.45, 2.75) is 12.1 Å². The van der Waals surface area contributed by atoms with E-state index in [0.29, 0.717) is 5.75 Å². The van der Waals surface area contributed by atoms with Crippen molar-refractivity contribution in [3.63, 3.8) is 0 Å². The van der Waals surface area contributed by atoms with Gasteiger partial charge < -0.3 is 10.5 Å². The van der Waals surface area contributed by atoms with Crippen LogP contribution in [0.3, 0.4) is 0 Å². The highest BCUT2D eigenvalue weighted by Gasteiger charge is 2.36. The highest BCUT2D eigenvalue weighted by molar-refractivity contribution is 7.91. The number of rotatable bonds is 2. The van der Waals surface area contributed by atoms with Gasteiger partial charge in [-0.15, -0.1) is 0 Å². The van der Waals surface area contributed by atoms with Crippen LogP contribution in [-0.2, 0) is 9.84 Å². The number of ether oxygens (including phenoxy) is 1. The van der Waals surface area contributed by atoms with E-state index in [4.69, 9.17) is 10.5 Å². The smallest absolute Gasteiger partial charge is 0.155 e. The van der Waals surface area contributed by atoms with Crippen molar-refractivity contribution in [3.8, 4) is 5.75 Å². The maximum Gasteiger partial charge on any atom is 0.155 e. The van der Waals surface area contributed by atoms with Crippen LogP contribution in [0, 0.1) is 5.82 Å². The summed E-state index contributed by atoms with van der Waals surface area (Å²) in [6.45, 7) is 0. The first-order chi connectivity index (χ1) is 7.46. The summed E-state index contributed by atoms with van der Waals surface area (Å²) in [6.07, 6.45) is -0.546. The minimum absolute atomic E-state index is 0.0567. The van der Waals surface area contributed by atoms with Gasteiger partial charge in [0.05, 0.1) is 17.5 Å². The van der Waals surface area contributed by atoms with Gasteiger partial charge in [0.1, 0.15) is 17.7 Å². The lowest BCUT2D eigenvalue weighted by molar-refractivity contribution is 0.209. The first kappa shape index (κ1) is 11.3. The third kappa shape index (κ3) is 2.51. The summed E-state index contributed by atoms with van der Waals surface area (Å²) in [4.78, 5) is 0. The molecule has 0 radical (unpaired) electrons. The van der Waals surface area contributed by atoms with E-state index in [1.165, 1.54) is 24.3 Å². The Balaban J connectivity index is 2.08. The fourth-order valence-corrected chi connectivity index (χ4v) is 3.40. The Morgan fingerprint density at radius 3 is 2.38 bits per heavy atom. The molecule has 1 aromatic carbocycles. The molecular formula is C10H12FNO3S. The van der Waals surface area contributed by atoms with Gasteiger partial charge in [0.25, 0.3) is 0 Å². The fourth-order valence-electron chi connectivity index (χ4n) is 1.65. The van der Waals surface area contributed by atoms with Crippen LogP contribution in [0.25, 0.3) is 0 Å². The molecule has 2 N–H and O–H groups in total. The number of nitrogens with two attached hydrogens (primary N) is 1. The van der Waals surface area contributed by atoms with Crippen molar-refractivity contribution in [2.75, 3.05) is 11.5 Å². The molecule has 4 nitrogen and oxygen atoms in total. The third-order valence-electron chi connectivity index (χ3n) is 2.44. The van der Waals surface area contributed by atoms with Crippen LogP contribution in [-0.4, -0.2) is 32.1 Å². The molecule has 1 fully saturated rings. The van der Waals surface area contributed by atoms with Crippen LogP contribution in [0.1, 0.15) is 0 Å². The summed E-state index contributed by atoms with van der Waals surface area (Å²) in [5.41, 5.74) is 5.65. The van der Waals surface area contributed by atoms with E-state index < -0.39 is 22.0 Å². The Bertz CT molecular complexity index is 471. The van der Waals surface area contributed by atoms with Crippen molar-refractivity contribution < 1.29 is 17.5 Å². The molecule has 0 bridgehead atoms. The van der Waals surface area contributed by atoms with E-state index >= 15 is 0 Å². The van der Waals surface area contributed by atoms with Crippen LogP contribution in [0.5, 0.6) is 5.75 Å². The molecule has 0 saturated carbocycles. The minimum Gasteiger partial charge on any atom is -0.488 e. The van der Waals surface area contributed by atoms with E-state index in [0.717, 1.165) is 0 Å². The fraction of sp³-hybridized carbons (Fsp3) is 0.400. The molecule has 2 unspecified atom stereocenters. The maximum atomic E-state index is 12.6. The predicted molar refractivity (Wildman–Crippen MR) is 57.4 cm³/mol. The molecule has 0 amide bonds. The largest absolute Gasteiger partial charge is 0.488 e. The number of sulfone groups is 1. The van der Waals surface area contributed by atoms with Crippen molar-refractivity contribution >= 4 is 9.84 Å². The molecule has 88 valence electrons. The van der Waals surface area contributed by atoms with Crippen LogP contribution in [0.15, 0.2) is 24.3 Å². The molecule has 2 atom stereocenters. The Hall–Kier alpha value is -1.14. The van der Waals surface area contributed by atoms with Gasteiger partial charge in [0.15, 0.2) is 9.84 Å². The average Bonchev–Trinajstić information content (AvgIpc) is 2.44. The van der Waals surface area contributed by atoms with Gasteiger partial charge >= 0.3 is 0 Å². The Kier molecular flexibility index (Phi) is 2.86. The predicted octanol–water partition coefficient (Wildman–Crippen LogP) is 0.329. The quantitative estimate of drug-likeness (QED) is 0.815. The first-order valence-electron chi connectivity index (χ1n) is 4.84. The second-order valence-corrected chi connectivity index (χ2v) is 6.00. The molecule has 0 aliphatic carbocycles. The van der Waals surface area contributed by atoms with E-state index in [1.54, 1.807) is 0 Å². The monoisotopic (exact) mass is 245 g/mol. The van der Waals surface area contributed by atoms with E-state index in [1.807, 2.05) is 0 Å². The van der Waals surface area contributed by atoms with Gasteiger partial charge in [0.2, 0.25) is 0 Å². The Labute approximate surface area is 93.1 Å². The van der Waals surface area contributed by atoms with Crippen molar-refractivity contribution in [1.29, 1.82) is 0 Å². The Morgan fingerprint density at radius 1 is 1.25 bits per heavy atom. The normalized spacial score (nSPS) is 27.9. The van der Waals surface area contributed by atoms with Crippen molar-refractivity contribution in [3.05, 3.63) is 30.1 Å². The minimum atomic E-state index is -3.10. The van der Waals surface area contributed by atoms with Gasteiger partial charge in [-0.25, -0.2) is 12.8 Å². The molecular weight excluding hydrogens is 233 g/mol. The molecule has 0 spiro atoms. The molecule has 6 heteroatoms. The molecule has 16 heavy (non-hydrogen) atoms. The topological polar surface area (TPSA) is 69.4 Å². The van der Waals surface area contributed by atoms with E-state index in [9.17, 15) is 12.8 Å². The van der Waals surface area contributed by atoms with Gasteiger partial charge in [-0.05, 0) is 24.3 Å². The highest BCUT2D eigenvalue weighted by Crippen LogP contribution is 2.19. The highest BCUT2D eigenvalue weighted by atomic mass is 32.2. The maximum absolute atomic E-state index is 12.6. The van der Waals surface area contributed by atoms with Crippen LogP contribution < -0.4 is 10.5 Å². The zero-order valence-corrected chi connectivity index (χ0v) is 9.28. The van der Waals surface area contributed by atoms with Gasteiger partial charge in [0, 0.05) is 0 Å². The summed E-state index contributed by atoms with van der Waals surface area (Å²) >= 11 is 0. The Morgan fingerprint density at radius 2 is 1.88 bits per heavy atom. The van der Waals surface area contributed by atoms with Crippen LogP contribution in [0.4, 0.5) is 4.39 Å². The second-order valence-electron chi connectivity index (χ2n) is 3.85. The molecule has 1 saturated heterocycles. The molecule has 1 heterocycles. The van der Waals surface area contributed by atoms with Gasteiger partial charge in [-0.1, -0.05) is 0 Å². The summed E-state index contributed by atoms with van der Waals surface area (Å²) in [7, 11) is -3.10. The van der Waals surface area contributed by atoms with Crippen LogP contribution >= 0.6 is 0 Å². The lowest BCUT2D eigenvalue weighted by atomic mass is 10.2. The zero-order valence-electron chi connectivity index (χ0n) is 8.47.